The van der Waals surface area contributed by atoms with Gasteiger partial charge < -0.3 is 30.1 Å². The first-order valence-electron chi connectivity index (χ1n) is 8.84. The molecule has 148 valence electrons. The van der Waals surface area contributed by atoms with Crippen LogP contribution in [-0.4, -0.2) is 44.4 Å². The maximum absolute atomic E-state index is 12.0. The number of amides is 2. The number of benzene rings is 2. The summed E-state index contributed by atoms with van der Waals surface area (Å²) in [4.78, 5) is 25.8. The summed E-state index contributed by atoms with van der Waals surface area (Å²) in [6.45, 7) is 0.294. The first-order chi connectivity index (χ1) is 13.4. The van der Waals surface area contributed by atoms with E-state index in [2.05, 4.69) is 10.6 Å². The largest absolute Gasteiger partial charge is 0.454 e. The topological polar surface area (TPSA) is 100 Å². The molecule has 0 saturated heterocycles. The molecule has 1 aliphatic heterocycles. The van der Waals surface area contributed by atoms with E-state index < -0.39 is 17.9 Å². The molecule has 3 rings (SSSR count). The molecule has 2 aromatic carbocycles. The van der Waals surface area contributed by atoms with Gasteiger partial charge >= 0.3 is 11.8 Å². The number of carbonyl (C=O) groups excluding carboxylic acids is 2. The van der Waals surface area contributed by atoms with Gasteiger partial charge in [-0.3, -0.25) is 9.59 Å². The number of aliphatic hydroxyl groups excluding tert-OH is 1. The van der Waals surface area contributed by atoms with E-state index in [1.807, 2.05) is 31.1 Å². The lowest BCUT2D eigenvalue weighted by atomic mass is 10.1. The van der Waals surface area contributed by atoms with E-state index in [0.29, 0.717) is 17.1 Å². The molecule has 0 fully saturated rings. The molecule has 0 radical (unpaired) electrons. The summed E-state index contributed by atoms with van der Waals surface area (Å²) in [5.74, 6) is -0.308. The van der Waals surface area contributed by atoms with Gasteiger partial charge in [0.15, 0.2) is 11.5 Å². The number of hydrogen-bond acceptors (Lipinski definition) is 6. The summed E-state index contributed by atoms with van der Waals surface area (Å²) in [5.41, 5.74) is 2.45. The Morgan fingerprint density at radius 2 is 1.71 bits per heavy atom. The van der Waals surface area contributed by atoms with E-state index >= 15 is 0 Å². The Morgan fingerprint density at radius 3 is 2.43 bits per heavy atom. The second kappa shape index (κ2) is 8.62. The molecule has 8 nitrogen and oxygen atoms in total. The van der Waals surface area contributed by atoms with Crippen molar-refractivity contribution in [3.05, 3.63) is 53.6 Å². The number of carbonyl (C=O) groups is 2. The average Bonchev–Trinajstić information content (AvgIpc) is 3.17. The molecule has 8 heteroatoms. The molecule has 0 aliphatic carbocycles. The molecule has 1 atom stereocenters. The van der Waals surface area contributed by atoms with E-state index in [1.165, 1.54) is 0 Å². The summed E-state index contributed by atoms with van der Waals surface area (Å²) in [7, 11) is 3.85. The van der Waals surface area contributed by atoms with Gasteiger partial charge in [0.1, 0.15) is 0 Å². The van der Waals surface area contributed by atoms with Crippen molar-refractivity contribution >= 4 is 17.5 Å². The fraction of sp³-hybridized carbons (Fsp3) is 0.300. The number of nitrogens with zero attached hydrogens (tertiary/aromatic N) is 1. The van der Waals surface area contributed by atoms with E-state index in [9.17, 15) is 14.7 Å². The van der Waals surface area contributed by atoms with Crippen molar-refractivity contribution in [1.82, 2.24) is 10.6 Å². The van der Waals surface area contributed by atoms with Gasteiger partial charge in [-0.05, 0) is 35.4 Å². The number of rotatable bonds is 6. The molecule has 2 aromatic rings. The van der Waals surface area contributed by atoms with E-state index in [4.69, 9.17) is 9.47 Å². The second-order valence-corrected chi connectivity index (χ2v) is 6.58. The molecular weight excluding hydrogens is 362 g/mol. The average molecular weight is 385 g/mol. The smallest absolute Gasteiger partial charge is 0.309 e. The molecular formula is C20H23N3O5. The van der Waals surface area contributed by atoms with Crippen molar-refractivity contribution in [3.8, 4) is 11.5 Å². The maximum Gasteiger partial charge on any atom is 0.309 e. The molecule has 2 amide bonds. The van der Waals surface area contributed by atoms with Crippen molar-refractivity contribution in [3.63, 3.8) is 0 Å². The minimum atomic E-state index is -0.901. The molecule has 0 aromatic heterocycles. The minimum absolute atomic E-state index is 0.0579. The quantitative estimate of drug-likeness (QED) is 0.640. The van der Waals surface area contributed by atoms with Gasteiger partial charge in [0, 0.05) is 32.9 Å². The van der Waals surface area contributed by atoms with E-state index in [1.54, 1.807) is 30.3 Å². The first-order valence-corrected chi connectivity index (χ1v) is 8.84. The van der Waals surface area contributed by atoms with Crippen molar-refractivity contribution in [2.45, 2.75) is 12.6 Å². The summed E-state index contributed by atoms with van der Waals surface area (Å²) >= 11 is 0. The van der Waals surface area contributed by atoms with Crippen molar-refractivity contribution in [2.75, 3.05) is 32.3 Å². The molecule has 28 heavy (non-hydrogen) atoms. The number of ether oxygens (including phenoxy) is 2. The summed E-state index contributed by atoms with van der Waals surface area (Å²) in [6.07, 6.45) is -0.901. The van der Waals surface area contributed by atoms with Crippen LogP contribution in [-0.2, 0) is 16.1 Å². The molecule has 0 bridgehead atoms. The van der Waals surface area contributed by atoms with Gasteiger partial charge in [0.25, 0.3) is 0 Å². The van der Waals surface area contributed by atoms with Crippen LogP contribution in [0.25, 0.3) is 0 Å². The van der Waals surface area contributed by atoms with Crippen LogP contribution in [0.1, 0.15) is 17.2 Å². The zero-order valence-electron chi connectivity index (χ0n) is 15.8. The van der Waals surface area contributed by atoms with Gasteiger partial charge in [-0.25, -0.2) is 0 Å². The van der Waals surface area contributed by atoms with Crippen LogP contribution in [0.5, 0.6) is 11.5 Å². The van der Waals surface area contributed by atoms with Gasteiger partial charge in [-0.15, -0.1) is 0 Å². The Balaban J connectivity index is 1.45. The molecule has 3 N–H and O–H groups in total. The highest BCUT2D eigenvalue weighted by atomic mass is 16.7. The minimum Gasteiger partial charge on any atom is -0.454 e. The Labute approximate surface area is 163 Å². The van der Waals surface area contributed by atoms with Crippen molar-refractivity contribution in [1.29, 1.82) is 0 Å². The van der Waals surface area contributed by atoms with Crippen LogP contribution in [0, 0.1) is 0 Å². The van der Waals surface area contributed by atoms with Gasteiger partial charge in [-0.1, -0.05) is 18.2 Å². The van der Waals surface area contributed by atoms with E-state index in [0.717, 1.165) is 11.3 Å². The third-order valence-corrected chi connectivity index (χ3v) is 4.35. The molecule has 0 spiro atoms. The molecule has 0 saturated carbocycles. The zero-order chi connectivity index (χ0) is 20.1. The van der Waals surface area contributed by atoms with Crippen LogP contribution in [0.3, 0.4) is 0 Å². The maximum atomic E-state index is 12.0. The number of hydrogen-bond donors (Lipinski definition) is 3. The lowest BCUT2D eigenvalue weighted by Gasteiger charge is -2.15. The van der Waals surface area contributed by atoms with Crippen molar-refractivity contribution < 1.29 is 24.2 Å². The van der Waals surface area contributed by atoms with Crippen LogP contribution < -0.4 is 25.0 Å². The predicted octanol–water partition coefficient (Wildman–Crippen LogP) is 0.947. The predicted molar refractivity (Wildman–Crippen MR) is 103 cm³/mol. The van der Waals surface area contributed by atoms with Gasteiger partial charge in [-0.2, -0.15) is 0 Å². The Morgan fingerprint density at radius 1 is 1.04 bits per heavy atom. The lowest BCUT2D eigenvalue weighted by molar-refractivity contribution is -0.139. The number of fused-ring (bicyclic) bond motifs is 1. The summed E-state index contributed by atoms with van der Waals surface area (Å²) in [6, 6.07) is 12.6. The van der Waals surface area contributed by atoms with Crippen LogP contribution >= 0.6 is 0 Å². The Bertz CT molecular complexity index is 851. The normalized spacial score (nSPS) is 13.0. The second-order valence-electron chi connectivity index (χ2n) is 6.58. The number of nitrogens with one attached hydrogen (secondary N) is 2. The molecule has 1 heterocycles. The van der Waals surface area contributed by atoms with Crippen LogP contribution in [0.4, 0.5) is 5.69 Å². The van der Waals surface area contributed by atoms with Crippen molar-refractivity contribution in [2.24, 2.45) is 0 Å². The highest BCUT2D eigenvalue weighted by Gasteiger charge is 2.17. The fourth-order valence-electron chi connectivity index (χ4n) is 2.70. The Hall–Kier alpha value is -3.26. The number of anilines is 1. The monoisotopic (exact) mass is 385 g/mol. The summed E-state index contributed by atoms with van der Waals surface area (Å²) < 4.78 is 10.5. The highest BCUT2D eigenvalue weighted by molar-refractivity contribution is 6.35. The van der Waals surface area contributed by atoms with Crippen LogP contribution in [0.2, 0.25) is 0 Å². The van der Waals surface area contributed by atoms with Gasteiger partial charge in [0.2, 0.25) is 6.79 Å². The molecule has 1 aliphatic rings. The fourth-order valence-corrected chi connectivity index (χ4v) is 2.70. The Kier molecular flexibility index (Phi) is 6.00. The highest BCUT2D eigenvalue weighted by Crippen LogP contribution is 2.32. The van der Waals surface area contributed by atoms with Gasteiger partial charge in [0.05, 0.1) is 6.10 Å². The first kappa shape index (κ1) is 19.5. The zero-order valence-corrected chi connectivity index (χ0v) is 15.8. The standard InChI is InChI=1S/C20H23N3O5/c1-23(2)15-6-4-14(5-7-15)16(24)11-22-20(26)19(25)21-10-13-3-8-17-18(9-13)28-12-27-17/h3-9,16,24H,10-12H2,1-2H3,(H,21,25)(H,22,26)/t16-/m1/s1. The number of aliphatic hydroxyl groups is 1. The van der Waals surface area contributed by atoms with Crippen LogP contribution in [0.15, 0.2) is 42.5 Å². The third-order valence-electron chi connectivity index (χ3n) is 4.35. The molecule has 0 unspecified atom stereocenters. The SMILES string of the molecule is CN(C)c1ccc([C@H](O)CNC(=O)C(=O)NCc2ccc3c(c2)OCO3)cc1. The van der Waals surface area contributed by atoms with E-state index in [-0.39, 0.29) is 19.9 Å². The third kappa shape index (κ3) is 4.72. The lowest BCUT2D eigenvalue weighted by Crippen LogP contribution is -2.41. The summed E-state index contributed by atoms with van der Waals surface area (Å²) in [5, 5.41) is 15.2.